The van der Waals surface area contributed by atoms with E-state index in [1.165, 1.54) is 24.3 Å². The number of hydrazine groups is 1. The van der Waals surface area contributed by atoms with Gasteiger partial charge < -0.3 is 9.47 Å². The van der Waals surface area contributed by atoms with Gasteiger partial charge in [0.05, 0.1) is 11.7 Å². The minimum atomic E-state index is -0.916. The normalized spacial score (nSPS) is 15.6. The van der Waals surface area contributed by atoms with Crippen LogP contribution < -0.4 is 10.9 Å². The zero-order valence-electron chi connectivity index (χ0n) is 24.8. The van der Waals surface area contributed by atoms with Gasteiger partial charge in [-0.15, -0.1) is 0 Å². The minimum absolute atomic E-state index is 0.192. The molecule has 0 aliphatic carbocycles. The highest BCUT2D eigenvalue weighted by atomic mass is 19.1. The Morgan fingerprint density at radius 3 is 2.25 bits per heavy atom. The number of para-hydroxylation sites is 1. The number of hydrogen-bond donors (Lipinski definition) is 2. The van der Waals surface area contributed by atoms with Crippen molar-refractivity contribution < 1.29 is 18.8 Å². The molecule has 3 atom stereocenters. The van der Waals surface area contributed by atoms with Crippen molar-refractivity contribution >= 4 is 28.6 Å². The van der Waals surface area contributed by atoms with E-state index in [0.29, 0.717) is 12.0 Å². The lowest BCUT2D eigenvalue weighted by molar-refractivity contribution is -0.128. The minimum Gasteiger partial charge on any atom is -0.343 e. The van der Waals surface area contributed by atoms with Gasteiger partial charge in [0.1, 0.15) is 11.9 Å². The first-order valence-corrected chi connectivity index (χ1v) is 14.7. The van der Waals surface area contributed by atoms with Crippen LogP contribution in [0.4, 0.5) is 4.39 Å². The van der Waals surface area contributed by atoms with E-state index < -0.39 is 29.7 Å². The smallest absolute Gasteiger partial charge is 0.269 e. The van der Waals surface area contributed by atoms with Crippen molar-refractivity contribution in [2.75, 3.05) is 0 Å². The number of halogens is 1. The molecule has 1 aliphatic heterocycles. The molecule has 0 radical (unpaired) electrons. The Kier molecular flexibility index (Phi) is 7.74. The molecule has 6 rings (SSSR count). The highest BCUT2D eigenvalue weighted by Crippen LogP contribution is 2.48. The van der Waals surface area contributed by atoms with Gasteiger partial charge in [0.15, 0.2) is 0 Å². The Hall–Kier alpha value is -5.24. The summed E-state index contributed by atoms with van der Waals surface area (Å²) >= 11 is 0. The van der Waals surface area contributed by atoms with Gasteiger partial charge in [0, 0.05) is 34.6 Å². The van der Waals surface area contributed by atoms with Gasteiger partial charge in [0.25, 0.3) is 17.7 Å². The van der Waals surface area contributed by atoms with Gasteiger partial charge in [-0.25, -0.2) is 4.39 Å². The van der Waals surface area contributed by atoms with E-state index in [9.17, 15) is 18.8 Å². The summed E-state index contributed by atoms with van der Waals surface area (Å²) in [6, 6.07) is 29.2. The first-order valence-electron chi connectivity index (χ1n) is 14.7. The Labute approximate surface area is 255 Å². The lowest BCUT2D eigenvalue weighted by Crippen LogP contribution is -2.55. The predicted molar refractivity (Wildman–Crippen MR) is 168 cm³/mol. The summed E-state index contributed by atoms with van der Waals surface area (Å²) in [5.41, 5.74) is 10.5. The third kappa shape index (κ3) is 4.92. The number of carbonyl (C=O) groups is 3. The molecule has 7 nitrogen and oxygen atoms in total. The molecule has 44 heavy (non-hydrogen) atoms. The molecule has 8 heteroatoms. The van der Waals surface area contributed by atoms with E-state index >= 15 is 0 Å². The Morgan fingerprint density at radius 1 is 0.864 bits per heavy atom. The standard InChI is InChI=1S/C36H33FN4O3/c1-4-22(2)31(35(43)39-38-34(42)24-18-20-25(37)21-19-24)41-33(26-14-8-9-15-27(26)36(41)44)30-28-16-10-11-17-29(28)40(3)32(30)23-12-6-5-7-13-23/h5-22,31,33H,4H2,1-3H3,(H,38,42)(H,39,43). The van der Waals surface area contributed by atoms with Crippen LogP contribution in [0.5, 0.6) is 0 Å². The number of benzene rings is 4. The second-order valence-electron chi connectivity index (χ2n) is 11.2. The van der Waals surface area contributed by atoms with E-state index in [1.807, 2.05) is 69.4 Å². The fourth-order valence-corrected chi connectivity index (χ4v) is 6.31. The van der Waals surface area contributed by atoms with Crippen LogP contribution >= 0.6 is 0 Å². The van der Waals surface area contributed by atoms with Crippen molar-refractivity contribution in [1.29, 1.82) is 0 Å². The molecule has 5 aromatic rings. The van der Waals surface area contributed by atoms with Gasteiger partial charge in [-0.1, -0.05) is 87.0 Å². The van der Waals surface area contributed by atoms with Crippen LogP contribution in [0.3, 0.4) is 0 Å². The van der Waals surface area contributed by atoms with Crippen molar-refractivity contribution in [3.63, 3.8) is 0 Å². The first kappa shape index (κ1) is 28.9. The van der Waals surface area contributed by atoms with Crippen molar-refractivity contribution in [3.05, 3.63) is 131 Å². The highest BCUT2D eigenvalue weighted by Gasteiger charge is 2.47. The summed E-state index contributed by atoms with van der Waals surface area (Å²) in [4.78, 5) is 42.9. The fourth-order valence-electron chi connectivity index (χ4n) is 6.31. The molecule has 3 amide bonds. The molecule has 0 fully saturated rings. The quantitative estimate of drug-likeness (QED) is 0.216. The van der Waals surface area contributed by atoms with E-state index in [4.69, 9.17) is 0 Å². The zero-order chi connectivity index (χ0) is 31.0. The molecule has 0 bridgehead atoms. The van der Waals surface area contributed by atoms with Crippen LogP contribution in [0.15, 0.2) is 103 Å². The summed E-state index contributed by atoms with van der Waals surface area (Å²) in [6.07, 6.45) is 0.609. The van der Waals surface area contributed by atoms with E-state index in [-0.39, 0.29) is 17.4 Å². The summed E-state index contributed by atoms with van der Waals surface area (Å²) in [6.45, 7) is 3.90. The molecule has 222 valence electrons. The molecule has 0 saturated heterocycles. The van der Waals surface area contributed by atoms with Gasteiger partial charge >= 0.3 is 0 Å². The third-order valence-corrected chi connectivity index (χ3v) is 8.62. The van der Waals surface area contributed by atoms with E-state index in [0.717, 1.165) is 33.3 Å². The van der Waals surface area contributed by atoms with Crippen LogP contribution in [0.1, 0.15) is 58.2 Å². The van der Waals surface area contributed by atoms with Crippen LogP contribution in [0.2, 0.25) is 0 Å². The van der Waals surface area contributed by atoms with Crippen molar-refractivity contribution in [2.24, 2.45) is 13.0 Å². The summed E-state index contributed by atoms with van der Waals surface area (Å²) < 4.78 is 15.5. The number of carbonyl (C=O) groups excluding carboxylic acids is 3. The molecule has 2 heterocycles. The van der Waals surface area contributed by atoms with Crippen molar-refractivity contribution in [1.82, 2.24) is 20.3 Å². The average molecular weight is 589 g/mol. The van der Waals surface area contributed by atoms with Crippen LogP contribution in [-0.2, 0) is 11.8 Å². The lowest BCUT2D eigenvalue weighted by Gasteiger charge is -2.36. The van der Waals surface area contributed by atoms with Gasteiger partial charge in [-0.3, -0.25) is 25.2 Å². The number of rotatable bonds is 7. The summed E-state index contributed by atoms with van der Waals surface area (Å²) in [5, 5.41) is 0.987. The number of aryl methyl sites for hydroxylation is 1. The SMILES string of the molecule is CCC(C)C(C(=O)NNC(=O)c1ccc(F)cc1)N1C(=O)c2ccccc2C1c1c(-c2ccccc2)n(C)c2ccccc12. The Morgan fingerprint density at radius 2 is 1.52 bits per heavy atom. The monoisotopic (exact) mass is 588 g/mol. The number of hydrogen-bond acceptors (Lipinski definition) is 3. The second-order valence-corrected chi connectivity index (χ2v) is 11.2. The largest absolute Gasteiger partial charge is 0.343 e. The summed E-state index contributed by atoms with van der Waals surface area (Å²) in [5.74, 6) is -2.07. The third-order valence-electron chi connectivity index (χ3n) is 8.62. The lowest BCUT2D eigenvalue weighted by atomic mass is 9.90. The van der Waals surface area contributed by atoms with Crippen molar-refractivity contribution in [3.8, 4) is 11.3 Å². The predicted octanol–water partition coefficient (Wildman–Crippen LogP) is 6.41. The van der Waals surface area contributed by atoms with Crippen LogP contribution in [0.25, 0.3) is 22.2 Å². The first-order chi connectivity index (χ1) is 21.3. The highest BCUT2D eigenvalue weighted by molar-refractivity contribution is 6.05. The second kappa shape index (κ2) is 11.8. The molecular weight excluding hydrogens is 555 g/mol. The maximum Gasteiger partial charge on any atom is 0.269 e. The zero-order valence-corrected chi connectivity index (χ0v) is 24.8. The topological polar surface area (TPSA) is 83.4 Å². The van der Waals surface area contributed by atoms with Crippen LogP contribution in [-0.4, -0.2) is 33.2 Å². The fraction of sp³-hybridized carbons (Fsp3) is 0.194. The van der Waals surface area contributed by atoms with Crippen LogP contribution in [0, 0.1) is 11.7 Å². The number of nitrogens with zero attached hydrogens (tertiary/aromatic N) is 2. The van der Waals surface area contributed by atoms with Gasteiger partial charge in [-0.05, 0) is 53.4 Å². The number of fused-ring (bicyclic) bond motifs is 2. The molecule has 1 aromatic heterocycles. The molecule has 4 aromatic carbocycles. The maximum absolute atomic E-state index is 14.3. The summed E-state index contributed by atoms with van der Waals surface area (Å²) in [7, 11) is 2.02. The van der Waals surface area contributed by atoms with Gasteiger partial charge in [-0.2, -0.15) is 0 Å². The van der Waals surface area contributed by atoms with E-state index in [2.05, 4.69) is 39.7 Å². The van der Waals surface area contributed by atoms with Crippen molar-refractivity contribution in [2.45, 2.75) is 32.4 Å². The maximum atomic E-state index is 14.3. The van der Waals surface area contributed by atoms with E-state index in [1.54, 1.807) is 11.0 Å². The molecule has 3 unspecified atom stereocenters. The molecule has 1 aliphatic rings. The number of aromatic nitrogens is 1. The molecule has 0 spiro atoms. The molecular formula is C36H33FN4O3. The van der Waals surface area contributed by atoms with Gasteiger partial charge in [0.2, 0.25) is 0 Å². The number of nitrogens with one attached hydrogen (secondary N) is 2. The average Bonchev–Trinajstić information content (AvgIpc) is 3.50. The number of amides is 3. The Balaban J connectivity index is 1.48. The Bertz CT molecular complexity index is 1870. The molecule has 0 saturated carbocycles. The molecule has 2 N–H and O–H groups in total.